The van der Waals surface area contributed by atoms with Crippen LogP contribution in [0, 0.1) is 0 Å². The number of aromatic nitrogens is 1. The molecule has 4 heteroatoms. The summed E-state index contributed by atoms with van der Waals surface area (Å²) in [5.41, 5.74) is 0.825. The van der Waals surface area contributed by atoms with Crippen LogP contribution in [0.1, 0.15) is 5.69 Å². The summed E-state index contributed by atoms with van der Waals surface area (Å²) in [6.45, 7) is 4.53. The summed E-state index contributed by atoms with van der Waals surface area (Å²) >= 11 is 3.39. The first kappa shape index (κ1) is 11.2. The number of ether oxygens (including phenoxy) is 2. The van der Waals surface area contributed by atoms with E-state index in [1.807, 2.05) is 6.07 Å². The third kappa shape index (κ3) is 3.12. The average Bonchev–Trinajstić information content (AvgIpc) is 2.21. The van der Waals surface area contributed by atoms with Gasteiger partial charge in [-0.3, -0.25) is 0 Å². The molecular weight excluding hydrogens is 246 g/mol. The summed E-state index contributed by atoms with van der Waals surface area (Å²) in [6.07, 6.45) is 1.70. The molecule has 76 valence electrons. The van der Waals surface area contributed by atoms with Crippen LogP contribution < -0.4 is 4.74 Å². The van der Waals surface area contributed by atoms with E-state index in [1.165, 1.54) is 0 Å². The minimum atomic E-state index is 0.448. The number of pyridine rings is 1. The van der Waals surface area contributed by atoms with Gasteiger partial charge in [0, 0.05) is 10.5 Å². The fraction of sp³-hybridized carbons (Fsp3) is 0.300. The summed E-state index contributed by atoms with van der Waals surface area (Å²) in [6, 6.07) is 3.68. The van der Waals surface area contributed by atoms with Crippen molar-refractivity contribution in [2.75, 3.05) is 13.7 Å². The van der Waals surface area contributed by atoms with Gasteiger partial charge in [0.15, 0.2) is 0 Å². The van der Waals surface area contributed by atoms with Crippen LogP contribution in [0.5, 0.6) is 5.88 Å². The highest BCUT2D eigenvalue weighted by molar-refractivity contribution is 9.10. The molecule has 0 fully saturated rings. The summed E-state index contributed by atoms with van der Waals surface area (Å²) in [7, 11) is 1.59. The Morgan fingerprint density at radius 3 is 3.00 bits per heavy atom. The summed E-state index contributed by atoms with van der Waals surface area (Å²) in [5, 5.41) is 0. The van der Waals surface area contributed by atoms with Crippen LogP contribution in [0.25, 0.3) is 0 Å². The van der Waals surface area contributed by atoms with Crippen LogP contribution in [-0.4, -0.2) is 18.7 Å². The van der Waals surface area contributed by atoms with Crippen molar-refractivity contribution < 1.29 is 9.47 Å². The van der Waals surface area contributed by atoms with Crippen molar-refractivity contribution in [1.29, 1.82) is 0 Å². The van der Waals surface area contributed by atoms with Crippen molar-refractivity contribution >= 4 is 15.9 Å². The van der Waals surface area contributed by atoms with Crippen molar-refractivity contribution in [3.63, 3.8) is 0 Å². The molecule has 0 amide bonds. The third-order valence-corrected chi connectivity index (χ3v) is 2.30. The van der Waals surface area contributed by atoms with Crippen molar-refractivity contribution in [2.24, 2.45) is 0 Å². The SMILES string of the molecule is C=CCOCc1nc(OC)ccc1Br. The fourth-order valence-corrected chi connectivity index (χ4v) is 1.25. The fourth-order valence-electron chi connectivity index (χ4n) is 0.918. The van der Waals surface area contributed by atoms with Crippen LogP contribution in [0.4, 0.5) is 0 Å². The van der Waals surface area contributed by atoms with Crippen molar-refractivity contribution in [3.8, 4) is 5.88 Å². The van der Waals surface area contributed by atoms with E-state index in [2.05, 4.69) is 27.5 Å². The minimum absolute atomic E-state index is 0.448. The molecule has 0 saturated carbocycles. The lowest BCUT2D eigenvalue weighted by atomic mass is 10.3. The molecule has 14 heavy (non-hydrogen) atoms. The number of hydrogen-bond donors (Lipinski definition) is 0. The Bertz CT molecular complexity index is 315. The number of halogens is 1. The summed E-state index contributed by atoms with van der Waals surface area (Å²) in [4.78, 5) is 4.23. The van der Waals surface area contributed by atoms with Gasteiger partial charge in [-0.25, -0.2) is 4.98 Å². The molecule has 0 N–H and O–H groups in total. The smallest absolute Gasteiger partial charge is 0.213 e. The van der Waals surface area contributed by atoms with Crippen LogP contribution in [0.3, 0.4) is 0 Å². The van der Waals surface area contributed by atoms with Gasteiger partial charge < -0.3 is 9.47 Å². The Hall–Kier alpha value is -0.870. The van der Waals surface area contributed by atoms with Gasteiger partial charge in [-0.2, -0.15) is 0 Å². The molecule has 0 radical (unpaired) electrons. The van der Waals surface area contributed by atoms with Gasteiger partial charge in [0.05, 0.1) is 26.0 Å². The van der Waals surface area contributed by atoms with E-state index in [1.54, 1.807) is 19.3 Å². The molecule has 0 aliphatic rings. The number of methoxy groups -OCH3 is 1. The normalized spacial score (nSPS) is 9.86. The number of nitrogens with zero attached hydrogens (tertiary/aromatic N) is 1. The second-order valence-corrected chi connectivity index (χ2v) is 3.44. The lowest BCUT2D eigenvalue weighted by Gasteiger charge is -2.05. The lowest BCUT2D eigenvalue weighted by Crippen LogP contribution is -1.98. The molecule has 3 nitrogen and oxygen atoms in total. The van der Waals surface area contributed by atoms with Crippen LogP contribution >= 0.6 is 15.9 Å². The van der Waals surface area contributed by atoms with Gasteiger partial charge in [-0.1, -0.05) is 6.08 Å². The molecule has 0 aromatic carbocycles. The van der Waals surface area contributed by atoms with E-state index in [4.69, 9.17) is 9.47 Å². The zero-order chi connectivity index (χ0) is 10.4. The monoisotopic (exact) mass is 257 g/mol. The Labute approximate surface area is 91.9 Å². The van der Waals surface area contributed by atoms with Crippen molar-refractivity contribution in [3.05, 3.63) is 35.0 Å². The van der Waals surface area contributed by atoms with Crippen molar-refractivity contribution in [2.45, 2.75) is 6.61 Å². The second kappa shape index (κ2) is 5.78. The quantitative estimate of drug-likeness (QED) is 0.600. The Kier molecular flexibility index (Phi) is 4.62. The van der Waals surface area contributed by atoms with E-state index >= 15 is 0 Å². The molecule has 1 aromatic rings. The molecule has 1 rings (SSSR count). The number of rotatable bonds is 5. The van der Waals surface area contributed by atoms with E-state index in [-0.39, 0.29) is 0 Å². The molecule has 0 aliphatic carbocycles. The van der Waals surface area contributed by atoms with E-state index in [9.17, 15) is 0 Å². The third-order valence-electron chi connectivity index (χ3n) is 1.58. The molecule has 0 saturated heterocycles. The van der Waals surface area contributed by atoms with E-state index in [0.29, 0.717) is 19.1 Å². The molecule has 0 unspecified atom stereocenters. The van der Waals surface area contributed by atoms with Gasteiger partial charge >= 0.3 is 0 Å². The maximum Gasteiger partial charge on any atom is 0.213 e. The van der Waals surface area contributed by atoms with Crippen LogP contribution in [-0.2, 0) is 11.3 Å². The van der Waals surface area contributed by atoms with Gasteiger partial charge in [0.2, 0.25) is 5.88 Å². The van der Waals surface area contributed by atoms with E-state index in [0.717, 1.165) is 10.2 Å². The highest BCUT2D eigenvalue weighted by Crippen LogP contribution is 2.19. The zero-order valence-corrected chi connectivity index (χ0v) is 9.58. The Balaban J connectivity index is 2.68. The lowest BCUT2D eigenvalue weighted by molar-refractivity contribution is 0.145. The standard InChI is InChI=1S/C10H12BrNO2/c1-3-6-14-7-9-8(11)4-5-10(12-9)13-2/h3-5H,1,6-7H2,2H3. The molecule has 1 aromatic heterocycles. The zero-order valence-electron chi connectivity index (χ0n) is 8.00. The topological polar surface area (TPSA) is 31.4 Å². The Morgan fingerprint density at radius 2 is 2.36 bits per heavy atom. The first-order chi connectivity index (χ1) is 6.77. The second-order valence-electron chi connectivity index (χ2n) is 2.59. The number of hydrogen-bond acceptors (Lipinski definition) is 3. The summed E-state index contributed by atoms with van der Waals surface area (Å²) < 4.78 is 11.2. The molecule has 0 atom stereocenters. The van der Waals surface area contributed by atoms with Gasteiger partial charge in [0.1, 0.15) is 0 Å². The van der Waals surface area contributed by atoms with Crippen molar-refractivity contribution in [1.82, 2.24) is 4.98 Å². The first-order valence-corrected chi connectivity index (χ1v) is 4.95. The largest absolute Gasteiger partial charge is 0.481 e. The van der Waals surface area contributed by atoms with Gasteiger partial charge in [0.25, 0.3) is 0 Å². The minimum Gasteiger partial charge on any atom is -0.481 e. The Morgan fingerprint density at radius 1 is 1.57 bits per heavy atom. The highest BCUT2D eigenvalue weighted by atomic mass is 79.9. The molecule has 1 heterocycles. The predicted molar refractivity (Wildman–Crippen MR) is 58.3 cm³/mol. The molecule has 0 bridgehead atoms. The average molecular weight is 258 g/mol. The molecular formula is C10H12BrNO2. The van der Waals surface area contributed by atoms with Crippen LogP contribution in [0.15, 0.2) is 29.3 Å². The van der Waals surface area contributed by atoms with Crippen LogP contribution in [0.2, 0.25) is 0 Å². The van der Waals surface area contributed by atoms with Gasteiger partial charge in [-0.05, 0) is 22.0 Å². The highest BCUT2D eigenvalue weighted by Gasteiger charge is 2.03. The molecule has 0 aliphatic heterocycles. The summed E-state index contributed by atoms with van der Waals surface area (Å²) in [5.74, 6) is 0.588. The molecule has 0 spiro atoms. The maximum atomic E-state index is 5.28. The van der Waals surface area contributed by atoms with E-state index < -0.39 is 0 Å². The maximum absolute atomic E-state index is 5.28. The van der Waals surface area contributed by atoms with Gasteiger partial charge in [-0.15, -0.1) is 6.58 Å². The predicted octanol–water partition coefficient (Wildman–Crippen LogP) is 2.56. The first-order valence-electron chi connectivity index (χ1n) is 4.16.